The van der Waals surface area contributed by atoms with Crippen molar-refractivity contribution in [3.05, 3.63) is 94.9 Å². The number of fused-ring (bicyclic) bond motifs is 1. The van der Waals surface area contributed by atoms with Crippen molar-refractivity contribution in [3.63, 3.8) is 0 Å². The van der Waals surface area contributed by atoms with Gasteiger partial charge in [0, 0.05) is 11.6 Å². The van der Waals surface area contributed by atoms with Gasteiger partial charge in [0.2, 0.25) is 0 Å². The van der Waals surface area contributed by atoms with Crippen molar-refractivity contribution in [2.75, 3.05) is 7.11 Å². The van der Waals surface area contributed by atoms with Crippen molar-refractivity contribution in [1.29, 1.82) is 0 Å². The molecule has 5 rings (SSSR count). The topological polar surface area (TPSA) is 83.3 Å². The standard InChI is InChI=1S/C24H19N3O4S/c1-29-17-10-8-16(9-11-17)22-13-19(31-26-22)15-32-24-25-21-7-3-2-6-20(21)23(28)27(24)14-18-5-4-12-30-18/h2-13H,14-15H2,1H3. The van der Waals surface area contributed by atoms with Gasteiger partial charge in [-0.1, -0.05) is 29.1 Å². The number of rotatable bonds is 7. The van der Waals surface area contributed by atoms with E-state index in [-0.39, 0.29) is 5.56 Å². The van der Waals surface area contributed by atoms with Crippen LogP contribution in [0.5, 0.6) is 5.75 Å². The predicted molar refractivity (Wildman–Crippen MR) is 122 cm³/mol. The lowest BCUT2D eigenvalue weighted by molar-refractivity contribution is 0.397. The summed E-state index contributed by atoms with van der Waals surface area (Å²) in [5.41, 5.74) is 2.23. The summed E-state index contributed by atoms with van der Waals surface area (Å²) in [5.74, 6) is 2.64. The Morgan fingerprint density at radius 1 is 1.03 bits per heavy atom. The number of aromatic nitrogens is 3. The van der Waals surface area contributed by atoms with Crippen LogP contribution in [0, 0.1) is 0 Å². The van der Waals surface area contributed by atoms with Crippen molar-refractivity contribution in [2.24, 2.45) is 0 Å². The van der Waals surface area contributed by atoms with Gasteiger partial charge in [0.05, 0.1) is 36.6 Å². The van der Waals surface area contributed by atoms with Crippen LogP contribution < -0.4 is 10.3 Å². The fourth-order valence-corrected chi connectivity index (χ4v) is 4.24. The van der Waals surface area contributed by atoms with E-state index in [4.69, 9.17) is 18.7 Å². The average Bonchev–Trinajstić information content (AvgIpc) is 3.52. The van der Waals surface area contributed by atoms with Gasteiger partial charge >= 0.3 is 0 Å². The molecule has 2 aromatic carbocycles. The quantitative estimate of drug-likeness (QED) is 0.258. The first kappa shape index (κ1) is 20.1. The van der Waals surface area contributed by atoms with Crippen LogP contribution in [0.3, 0.4) is 0 Å². The second-order valence-corrected chi connectivity index (χ2v) is 8.02. The van der Waals surface area contributed by atoms with Gasteiger partial charge in [0.25, 0.3) is 5.56 Å². The van der Waals surface area contributed by atoms with Gasteiger partial charge in [0.1, 0.15) is 23.0 Å². The molecule has 3 aromatic heterocycles. The van der Waals surface area contributed by atoms with Gasteiger partial charge in [0.15, 0.2) is 5.16 Å². The number of methoxy groups -OCH3 is 1. The van der Waals surface area contributed by atoms with E-state index in [1.165, 1.54) is 11.8 Å². The summed E-state index contributed by atoms with van der Waals surface area (Å²) in [5, 5.41) is 5.34. The minimum Gasteiger partial charge on any atom is -0.497 e. The third-order valence-corrected chi connectivity index (χ3v) is 6.01. The molecular weight excluding hydrogens is 426 g/mol. The highest BCUT2D eigenvalue weighted by atomic mass is 32.2. The van der Waals surface area contributed by atoms with Crippen molar-refractivity contribution in [2.45, 2.75) is 17.5 Å². The highest BCUT2D eigenvalue weighted by Gasteiger charge is 2.15. The van der Waals surface area contributed by atoms with Crippen LogP contribution in [0.2, 0.25) is 0 Å². The number of benzene rings is 2. The molecule has 0 saturated carbocycles. The van der Waals surface area contributed by atoms with E-state index in [0.29, 0.717) is 39.9 Å². The molecule has 0 amide bonds. The van der Waals surface area contributed by atoms with Gasteiger partial charge in [-0.3, -0.25) is 9.36 Å². The molecule has 0 spiro atoms. The van der Waals surface area contributed by atoms with Crippen LogP contribution in [0.1, 0.15) is 11.5 Å². The summed E-state index contributed by atoms with van der Waals surface area (Å²) in [4.78, 5) is 17.9. The van der Waals surface area contributed by atoms with Gasteiger partial charge < -0.3 is 13.7 Å². The monoisotopic (exact) mass is 445 g/mol. The predicted octanol–water partition coefficient (Wildman–Crippen LogP) is 4.99. The van der Waals surface area contributed by atoms with Crippen LogP contribution in [-0.2, 0) is 12.3 Å². The van der Waals surface area contributed by atoms with Gasteiger partial charge in [-0.15, -0.1) is 0 Å². The molecule has 32 heavy (non-hydrogen) atoms. The highest BCUT2D eigenvalue weighted by molar-refractivity contribution is 7.98. The van der Waals surface area contributed by atoms with Gasteiger partial charge in [-0.05, 0) is 48.5 Å². The molecule has 5 aromatic rings. The molecule has 0 aliphatic carbocycles. The number of hydrogen-bond donors (Lipinski definition) is 0. The molecule has 0 saturated heterocycles. The van der Waals surface area contributed by atoms with Crippen LogP contribution in [0.25, 0.3) is 22.2 Å². The summed E-state index contributed by atoms with van der Waals surface area (Å²) in [6.45, 7) is 0.305. The van der Waals surface area contributed by atoms with Crippen LogP contribution >= 0.6 is 11.8 Å². The van der Waals surface area contributed by atoms with E-state index in [1.807, 2.05) is 54.6 Å². The molecule has 160 valence electrons. The molecular formula is C24H19N3O4S. The van der Waals surface area contributed by atoms with E-state index < -0.39 is 0 Å². The maximum absolute atomic E-state index is 13.2. The van der Waals surface area contributed by atoms with E-state index in [9.17, 15) is 4.79 Å². The third-order valence-electron chi connectivity index (χ3n) is 5.01. The lowest BCUT2D eigenvalue weighted by Gasteiger charge is -2.11. The maximum atomic E-state index is 13.2. The largest absolute Gasteiger partial charge is 0.497 e. The zero-order chi connectivity index (χ0) is 21.9. The van der Waals surface area contributed by atoms with Crippen molar-refractivity contribution in [3.8, 4) is 17.0 Å². The molecule has 0 bridgehead atoms. The van der Waals surface area contributed by atoms with Crippen LogP contribution in [0.15, 0.2) is 91.9 Å². The summed E-state index contributed by atoms with van der Waals surface area (Å²) < 4.78 is 17.8. The van der Waals surface area contributed by atoms with E-state index in [2.05, 4.69) is 5.16 Å². The zero-order valence-corrected chi connectivity index (χ0v) is 18.0. The van der Waals surface area contributed by atoms with Crippen molar-refractivity contribution >= 4 is 22.7 Å². The Hall–Kier alpha value is -3.78. The lowest BCUT2D eigenvalue weighted by atomic mass is 10.1. The van der Waals surface area contributed by atoms with Crippen LogP contribution in [-0.4, -0.2) is 21.8 Å². The highest BCUT2D eigenvalue weighted by Crippen LogP contribution is 2.27. The molecule has 0 N–H and O–H groups in total. The summed E-state index contributed by atoms with van der Waals surface area (Å²) >= 11 is 1.42. The molecule has 8 heteroatoms. The summed E-state index contributed by atoms with van der Waals surface area (Å²) in [7, 11) is 1.63. The first-order valence-electron chi connectivity index (χ1n) is 9.96. The number of nitrogens with zero attached hydrogens (tertiary/aromatic N) is 3. The number of ether oxygens (including phenoxy) is 1. The fourth-order valence-electron chi connectivity index (χ4n) is 3.37. The average molecular weight is 446 g/mol. The molecule has 0 unspecified atom stereocenters. The Bertz CT molecular complexity index is 1410. The minimum absolute atomic E-state index is 0.106. The number of hydrogen-bond acceptors (Lipinski definition) is 7. The molecule has 0 fully saturated rings. The smallest absolute Gasteiger partial charge is 0.262 e. The SMILES string of the molecule is COc1ccc(-c2cc(CSc3nc4ccccc4c(=O)n3Cc3ccco3)on2)cc1. The molecule has 0 aliphatic rings. The molecule has 0 radical (unpaired) electrons. The molecule has 0 atom stereocenters. The Labute approximate surface area is 187 Å². The Morgan fingerprint density at radius 2 is 1.88 bits per heavy atom. The van der Waals surface area contributed by atoms with Crippen molar-refractivity contribution in [1.82, 2.24) is 14.7 Å². The van der Waals surface area contributed by atoms with Gasteiger partial charge in [-0.25, -0.2) is 4.98 Å². The Morgan fingerprint density at radius 3 is 2.66 bits per heavy atom. The number of furan rings is 1. The fraction of sp³-hybridized carbons (Fsp3) is 0.125. The normalized spacial score (nSPS) is 11.2. The Balaban J connectivity index is 1.42. The number of thioether (sulfide) groups is 1. The third kappa shape index (κ3) is 4.04. The van der Waals surface area contributed by atoms with E-state index in [1.54, 1.807) is 30.1 Å². The summed E-state index contributed by atoms with van der Waals surface area (Å²) in [6.07, 6.45) is 1.59. The zero-order valence-electron chi connectivity index (χ0n) is 17.2. The molecule has 3 heterocycles. The first-order valence-corrected chi connectivity index (χ1v) is 10.9. The first-order chi connectivity index (χ1) is 15.7. The van der Waals surface area contributed by atoms with E-state index in [0.717, 1.165) is 17.0 Å². The molecule has 0 aliphatic heterocycles. The lowest BCUT2D eigenvalue weighted by Crippen LogP contribution is -2.23. The summed E-state index contributed by atoms with van der Waals surface area (Å²) in [6, 6.07) is 20.5. The number of para-hydroxylation sites is 1. The maximum Gasteiger partial charge on any atom is 0.262 e. The second kappa shape index (κ2) is 8.76. The van der Waals surface area contributed by atoms with Crippen molar-refractivity contribution < 1.29 is 13.7 Å². The van der Waals surface area contributed by atoms with E-state index >= 15 is 0 Å². The Kier molecular flexibility index (Phi) is 5.51. The van der Waals surface area contributed by atoms with Crippen LogP contribution in [0.4, 0.5) is 0 Å². The van der Waals surface area contributed by atoms with Gasteiger partial charge in [-0.2, -0.15) is 0 Å². The molecule has 7 nitrogen and oxygen atoms in total. The second-order valence-electron chi connectivity index (χ2n) is 7.08. The minimum atomic E-state index is -0.106.